The van der Waals surface area contributed by atoms with Gasteiger partial charge in [-0.2, -0.15) is 10.2 Å². The first kappa shape index (κ1) is 19.1. The molecule has 4 rings (SSSR count). The molecule has 2 aromatic heterocycles. The summed E-state index contributed by atoms with van der Waals surface area (Å²) in [6.45, 7) is 5.49. The number of nitrogens with zero attached hydrogens (tertiary/aromatic N) is 4. The first-order valence-corrected chi connectivity index (χ1v) is 10.0. The van der Waals surface area contributed by atoms with Crippen molar-refractivity contribution in [2.75, 3.05) is 13.7 Å². The molecule has 3 heterocycles. The maximum absolute atomic E-state index is 13.1. The third-order valence-corrected chi connectivity index (χ3v) is 5.54. The number of hydrogen-bond acceptors (Lipinski definition) is 5. The molecule has 2 aliphatic rings. The standard InChI is InChI=1S/C20H29N5O3/c1-12-9-16-18(13(2)28-12)23-25(7-8-27-4)19(16)20(26)21-11-15-10-17(14-5-6-14)22-24(15)3/h10,12-14H,5-9,11H2,1-4H3,(H,21,26)/t12-,13+/m0/s1. The topological polar surface area (TPSA) is 83.2 Å². The van der Waals surface area contributed by atoms with Crippen molar-refractivity contribution in [1.29, 1.82) is 0 Å². The highest BCUT2D eigenvalue weighted by molar-refractivity contribution is 5.94. The number of ether oxygens (including phenoxy) is 2. The van der Waals surface area contributed by atoms with Gasteiger partial charge in [0.15, 0.2) is 0 Å². The van der Waals surface area contributed by atoms with Crippen molar-refractivity contribution in [2.45, 2.75) is 64.3 Å². The van der Waals surface area contributed by atoms with E-state index < -0.39 is 0 Å². The number of aryl methyl sites for hydroxylation is 1. The molecule has 28 heavy (non-hydrogen) atoms. The quantitative estimate of drug-likeness (QED) is 0.787. The van der Waals surface area contributed by atoms with Gasteiger partial charge in [0.05, 0.1) is 49.0 Å². The Morgan fingerprint density at radius 1 is 1.36 bits per heavy atom. The van der Waals surface area contributed by atoms with Crippen molar-refractivity contribution in [3.05, 3.63) is 34.4 Å². The van der Waals surface area contributed by atoms with Crippen LogP contribution in [0.25, 0.3) is 0 Å². The molecular formula is C20H29N5O3. The van der Waals surface area contributed by atoms with Crippen molar-refractivity contribution >= 4 is 5.91 Å². The van der Waals surface area contributed by atoms with Gasteiger partial charge in [-0.3, -0.25) is 14.2 Å². The van der Waals surface area contributed by atoms with E-state index >= 15 is 0 Å². The lowest BCUT2D eigenvalue weighted by Crippen LogP contribution is -2.29. The maximum atomic E-state index is 13.1. The van der Waals surface area contributed by atoms with Gasteiger partial charge < -0.3 is 14.8 Å². The highest BCUT2D eigenvalue weighted by Gasteiger charge is 2.32. The summed E-state index contributed by atoms with van der Waals surface area (Å²) in [5, 5.41) is 12.3. The molecule has 1 N–H and O–H groups in total. The number of carbonyl (C=O) groups excluding carboxylic acids is 1. The third-order valence-electron chi connectivity index (χ3n) is 5.54. The van der Waals surface area contributed by atoms with Gasteiger partial charge in [0.1, 0.15) is 5.69 Å². The average molecular weight is 387 g/mol. The predicted octanol–water partition coefficient (Wildman–Crippen LogP) is 2.09. The van der Waals surface area contributed by atoms with E-state index in [2.05, 4.69) is 21.6 Å². The second-order valence-corrected chi connectivity index (χ2v) is 7.86. The van der Waals surface area contributed by atoms with Crippen LogP contribution in [0, 0.1) is 0 Å². The second kappa shape index (κ2) is 7.67. The Morgan fingerprint density at radius 3 is 2.86 bits per heavy atom. The zero-order valence-electron chi connectivity index (χ0n) is 17.1. The summed E-state index contributed by atoms with van der Waals surface area (Å²) < 4.78 is 14.7. The molecule has 8 nitrogen and oxygen atoms in total. The van der Waals surface area contributed by atoms with Crippen LogP contribution in [0.2, 0.25) is 0 Å². The number of rotatable bonds is 7. The molecule has 0 spiro atoms. The molecule has 152 valence electrons. The number of aromatic nitrogens is 4. The lowest BCUT2D eigenvalue weighted by molar-refractivity contribution is -0.00716. The van der Waals surface area contributed by atoms with Crippen LogP contribution in [0.15, 0.2) is 6.07 Å². The Labute approximate surface area is 165 Å². The van der Waals surface area contributed by atoms with Crippen LogP contribution in [0.1, 0.15) is 71.8 Å². The van der Waals surface area contributed by atoms with Crippen LogP contribution in [-0.4, -0.2) is 45.3 Å². The van der Waals surface area contributed by atoms with E-state index in [1.54, 1.807) is 11.8 Å². The average Bonchev–Trinajstić information content (AvgIpc) is 3.34. The lowest BCUT2D eigenvalue weighted by atomic mass is 9.99. The minimum atomic E-state index is -0.118. The zero-order chi connectivity index (χ0) is 19.8. The molecule has 1 aliphatic heterocycles. The summed E-state index contributed by atoms with van der Waals surface area (Å²) in [6, 6.07) is 2.10. The molecule has 1 saturated carbocycles. The Kier molecular flexibility index (Phi) is 5.25. The smallest absolute Gasteiger partial charge is 0.270 e. The van der Waals surface area contributed by atoms with E-state index in [1.165, 1.54) is 12.8 Å². The summed E-state index contributed by atoms with van der Waals surface area (Å²) in [6.07, 6.45) is 3.06. The van der Waals surface area contributed by atoms with Gasteiger partial charge in [-0.25, -0.2) is 0 Å². The van der Waals surface area contributed by atoms with E-state index in [4.69, 9.17) is 9.47 Å². The molecule has 1 amide bonds. The van der Waals surface area contributed by atoms with Crippen LogP contribution in [0.5, 0.6) is 0 Å². The molecule has 1 aliphatic carbocycles. The minimum absolute atomic E-state index is 0.0623. The van der Waals surface area contributed by atoms with Crippen LogP contribution in [-0.2, 0) is 36.0 Å². The minimum Gasteiger partial charge on any atom is -0.383 e. The van der Waals surface area contributed by atoms with E-state index in [-0.39, 0.29) is 18.1 Å². The Balaban J connectivity index is 1.55. The summed E-state index contributed by atoms with van der Waals surface area (Å²) in [5.41, 5.74) is 4.62. The summed E-state index contributed by atoms with van der Waals surface area (Å²) in [4.78, 5) is 13.1. The summed E-state index contributed by atoms with van der Waals surface area (Å²) >= 11 is 0. The molecule has 2 atom stereocenters. The van der Waals surface area contributed by atoms with Gasteiger partial charge in [0, 0.05) is 32.1 Å². The fourth-order valence-electron chi connectivity index (χ4n) is 3.92. The molecular weight excluding hydrogens is 358 g/mol. The molecule has 0 saturated heterocycles. The van der Waals surface area contributed by atoms with Gasteiger partial charge in [-0.1, -0.05) is 0 Å². The third kappa shape index (κ3) is 3.71. The van der Waals surface area contributed by atoms with Gasteiger partial charge >= 0.3 is 0 Å². The zero-order valence-corrected chi connectivity index (χ0v) is 17.1. The van der Waals surface area contributed by atoms with Crippen molar-refractivity contribution in [1.82, 2.24) is 24.9 Å². The van der Waals surface area contributed by atoms with E-state index in [0.717, 1.165) is 22.6 Å². The Hall–Kier alpha value is -2.19. The van der Waals surface area contributed by atoms with Crippen LogP contribution in [0.4, 0.5) is 0 Å². The largest absolute Gasteiger partial charge is 0.383 e. The second-order valence-electron chi connectivity index (χ2n) is 7.86. The summed E-state index contributed by atoms with van der Waals surface area (Å²) in [7, 11) is 3.58. The van der Waals surface area contributed by atoms with Crippen molar-refractivity contribution < 1.29 is 14.3 Å². The van der Waals surface area contributed by atoms with E-state index in [9.17, 15) is 4.79 Å². The van der Waals surface area contributed by atoms with Crippen molar-refractivity contribution in [3.63, 3.8) is 0 Å². The summed E-state index contributed by atoms with van der Waals surface area (Å²) in [5.74, 6) is 0.487. The maximum Gasteiger partial charge on any atom is 0.270 e. The fourth-order valence-corrected chi connectivity index (χ4v) is 3.92. The predicted molar refractivity (Wildman–Crippen MR) is 103 cm³/mol. The van der Waals surface area contributed by atoms with Gasteiger partial charge in [-0.05, 0) is 32.8 Å². The number of carbonyl (C=O) groups is 1. The number of nitrogens with one attached hydrogen (secondary N) is 1. The van der Waals surface area contributed by atoms with Crippen molar-refractivity contribution in [3.8, 4) is 0 Å². The fraction of sp³-hybridized carbons (Fsp3) is 0.650. The number of hydrogen-bond donors (Lipinski definition) is 1. The van der Waals surface area contributed by atoms with Crippen LogP contribution < -0.4 is 5.32 Å². The monoisotopic (exact) mass is 387 g/mol. The van der Waals surface area contributed by atoms with Gasteiger partial charge in [-0.15, -0.1) is 0 Å². The SMILES string of the molecule is COCCn1nc2c(c1C(=O)NCc1cc(C3CC3)nn1C)C[C@H](C)O[C@@H]2C. The highest BCUT2D eigenvalue weighted by Crippen LogP contribution is 2.39. The molecule has 0 unspecified atom stereocenters. The first-order chi connectivity index (χ1) is 13.5. The Morgan fingerprint density at radius 2 is 2.14 bits per heavy atom. The first-order valence-electron chi connectivity index (χ1n) is 10.0. The van der Waals surface area contributed by atoms with Crippen molar-refractivity contribution in [2.24, 2.45) is 7.05 Å². The highest BCUT2D eigenvalue weighted by atomic mass is 16.5. The molecule has 0 radical (unpaired) electrons. The number of fused-ring (bicyclic) bond motifs is 1. The molecule has 8 heteroatoms. The van der Waals surface area contributed by atoms with E-state index in [1.807, 2.05) is 25.6 Å². The molecule has 0 aromatic carbocycles. The lowest BCUT2D eigenvalue weighted by Gasteiger charge is -2.24. The normalized spacial score (nSPS) is 21.6. The van der Waals surface area contributed by atoms with Gasteiger partial charge in [0.2, 0.25) is 0 Å². The molecule has 1 fully saturated rings. The number of amides is 1. The molecule has 0 bridgehead atoms. The Bertz CT molecular complexity index is 868. The van der Waals surface area contributed by atoms with Crippen LogP contribution >= 0.6 is 0 Å². The number of methoxy groups -OCH3 is 1. The van der Waals surface area contributed by atoms with Gasteiger partial charge in [0.25, 0.3) is 5.91 Å². The van der Waals surface area contributed by atoms with E-state index in [0.29, 0.717) is 37.7 Å². The van der Waals surface area contributed by atoms with Crippen LogP contribution in [0.3, 0.4) is 0 Å². The molecule has 2 aromatic rings.